The second-order valence-corrected chi connectivity index (χ2v) is 14.2. The first kappa shape index (κ1) is 26.4. The molecule has 0 unspecified atom stereocenters. The average Bonchev–Trinajstić information content (AvgIpc) is 3.28. The minimum absolute atomic E-state index is 0.0664. The van der Waals surface area contributed by atoms with Crippen LogP contribution in [0.3, 0.4) is 0 Å². The van der Waals surface area contributed by atoms with Crippen molar-refractivity contribution >= 4 is 66.9 Å². The first-order valence-electron chi connectivity index (χ1n) is 12.0. The molecule has 37 heavy (non-hydrogen) atoms. The van der Waals surface area contributed by atoms with E-state index in [0.29, 0.717) is 66.3 Å². The number of hydrogen-bond acceptors (Lipinski definition) is 5. The minimum Gasteiger partial charge on any atom is -0.349 e. The molecule has 0 aliphatic carbocycles. The van der Waals surface area contributed by atoms with E-state index in [0.717, 1.165) is 5.39 Å². The molecule has 196 valence electrons. The van der Waals surface area contributed by atoms with Gasteiger partial charge in [-0.2, -0.15) is 0 Å². The van der Waals surface area contributed by atoms with Crippen LogP contribution in [0.4, 0.5) is 4.39 Å². The number of rotatable bonds is 4. The van der Waals surface area contributed by atoms with Crippen LogP contribution in [0.5, 0.6) is 0 Å². The van der Waals surface area contributed by atoms with Crippen LogP contribution in [-0.4, -0.2) is 69.0 Å². The number of amides is 2. The second kappa shape index (κ2) is 10.1. The Bertz CT molecular complexity index is 1470. The molecule has 0 bridgehead atoms. The van der Waals surface area contributed by atoms with Crippen molar-refractivity contribution in [3.05, 3.63) is 58.9 Å². The molecule has 0 spiro atoms. The van der Waals surface area contributed by atoms with Crippen molar-refractivity contribution in [1.29, 1.82) is 0 Å². The zero-order valence-electron chi connectivity index (χ0n) is 19.8. The Kier molecular flexibility index (Phi) is 7.22. The van der Waals surface area contributed by atoms with Gasteiger partial charge in [0.1, 0.15) is 15.5 Å². The quantitative estimate of drug-likeness (QED) is 0.333. The molecule has 1 aromatic carbocycles. The minimum atomic E-state index is -3.02. The van der Waals surface area contributed by atoms with Crippen LogP contribution in [0.1, 0.15) is 46.4 Å². The van der Waals surface area contributed by atoms with E-state index >= 15 is 0 Å². The molecule has 3 aromatic rings. The molecule has 2 amide bonds. The summed E-state index contributed by atoms with van der Waals surface area (Å²) in [5.41, 5.74) is 2.01. The number of aromatic nitrogens is 2. The van der Waals surface area contributed by atoms with Gasteiger partial charge in [0, 0.05) is 66.0 Å². The van der Waals surface area contributed by atoms with E-state index in [1.54, 1.807) is 62.5 Å². The summed E-state index contributed by atoms with van der Waals surface area (Å²) in [6, 6.07) is 8.36. The summed E-state index contributed by atoms with van der Waals surface area (Å²) < 4.78 is 38.0. The van der Waals surface area contributed by atoms with E-state index in [1.165, 1.54) is 6.20 Å². The highest BCUT2D eigenvalue weighted by molar-refractivity contribution is 14.1. The Morgan fingerprint density at radius 3 is 2.51 bits per heavy atom. The molecule has 5 rings (SSSR count). The number of likely N-dealkylation sites (tertiary alicyclic amines) is 1. The van der Waals surface area contributed by atoms with Crippen LogP contribution in [0.2, 0.25) is 5.02 Å². The third-order valence-corrected chi connectivity index (χ3v) is 9.88. The maximum absolute atomic E-state index is 14.1. The number of hydrogen-bond donors (Lipinski definition) is 1. The van der Waals surface area contributed by atoms with Crippen LogP contribution in [0, 0.1) is 0 Å². The number of pyridine rings is 1. The van der Waals surface area contributed by atoms with Crippen molar-refractivity contribution in [2.24, 2.45) is 0 Å². The number of benzene rings is 1. The molecular formula is C25H25ClFIN4O4S. The van der Waals surface area contributed by atoms with Gasteiger partial charge in [0.25, 0.3) is 11.8 Å². The van der Waals surface area contributed by atoms with Gasteiger partial charge in [0.05, 0.1) is 17.1 Å². The van der Waals surface area contributed by atoms with Crippen molar-refractivity contribution in [2.75, 3.05) is 24.6 Å². The molecule has 8 nitrogen and oxygen atoms in total. The molecule has 1 N–H and O–H groups in total. The van der Waals surface area contributed by atoms with Gasteiger partial charge in [-0.1, -0.05) is 11.6 Å². The van der Waals surface area contributed by atoms with E-state index in [1.807, 2.05) is 6.07 Å². The fraction of sp³-hybridized carbons (Fsp3) is 0.400. The molecule has 2 aliphatic rings. The predicted octanol–water partition coefficient (Wildman–Crippen LogP) is 4.32. The number of halogens is 3. The number of fused-ring (bicyclic) bond motifs is 1. The number of carbonyl (C=O) groups excluding carboxylic acids is 2. The van der Waals surface area contributed by atoms with E-state index in [4.69, 9.17) is 11.6 Å². The zero-order chi connectivity index (χ0) is 26.4. The maximum atomic E-state index is 14.1. The normalized spacial score (nSPS) is 19.6. The predicted molar refractivity (Wildman–Crippen MR) is 148 cm³/mol. The van der Waals surface area contributed by atoms with Gasteiger partial charge in [0.15, 0.2) is 3.68 Å². The Balaban J connectivity index is 1.35. The van der Waals surface area contributed by atoms with Crippen LogP contribution in [0.15, 0.2) is 42.7 Å². The van der Waals surface area contributed by atoms with Gasteiger partial charge >= 0.3 is 0 Å². The summed E-state index contributed by atoms with van der Waals surface area (Å²) in [6.45, 7) is 0.725. The van der Waals surface area contributed by atoms with Crippen LogP contribution in [-0.2, 0) is 9.84 Å². The lowest BCUT2D eigenvalue weighted by atomic mass is 10.1. The number of piperidine rings is 1. The first-order chi connectivity index (χ1) is 17.5. The SMILES string of the molecule is O=C(NC1CCS(=O)(=O)CC1)c1cc(Cl)cc(-n2ccc3cc(C(=O)N4CCC(F)(I)CC4)cnc32)c1. The molecule has 0 atom stereocenters. The lowest BCUT2D eigenvalue weighted by Gasteiger charge is -2.33. The van der Waals surface area contributed by atoms with Crippen LogP contribution >= 0.6 is 34.2 Å². The smallest absolute Gasteiger partial charge is 0.255 e. The topological polar surface area (TPSA) is 101 Å². The molecule has 0 radical (unpaired) electrons. The maximum Gasteiger partial charge on any atom is 0.255 e. The number of nitrogens with one attached hydrogen (secondary N) is 1. The Hall–Kier alpha value is -2.25. The highest BCUT2D eigenvalue weighted by atomic mass is 127. The van der Waals surface area contributed by atoms with Gasteiger partial charge in [-0.05, 0) is 65.8 Å². The molecular weight excluding hydrogens is 634 g/mol. The van der Waals surface area contributed by atoms with Crippen molar-refractivity contribution in [1.82, 2.24) is 19.8 Å². The van der Waals surface area contributed by atoms with Crippen molar-refractivity contribution < 1.29 is 22.4 Å². The van der Waals surface area contributed by atoms with Crippen LogP contribution < -0.4 is 5.32 Å². The molecule has 2 saturated heterocycles. The summed E-state index contributed by atoms with van der Waals surface area (Å²) in [5, 5.41) is 4.02. The number of sulfone groups is 1. The van der Waals surface area contributed by atoms with E-state index in [2.05, 4.69) is 10.3 Å². The lowest BCUT2D eigenvalue weighted by Crippen LogP contribution is -2.42. The zero-order valence-corrected chi connectivity index (χ0v) is 23.5. The second-order valence-electron chi connectivity index (χ2n) is 9.57. The third-order valence-electron chi connectivity index (χ3n) is 6.87. The molecule has 2 aliphatic heterocycles. The number of alkyl halides is 2. The summed E-state index contributed by atoms with van der Waals surface area (Å²) >= 11 is 8.15. The summed E-state index contributed by atoms with van der Waals surface area (Å²) in [6.07, 6.45) is 4.68. The first-order valence-corrected chi connectivity index (χ1v) is 15.2. The standard InChI is InChI=1S/C25H25ClFIN4O4S/c26-19-12-17(23(33)30-20-2-9-37(35,36)10-3-20)13-21(14-19)32-6-1-16-11-18(15-29-22(16)32)24(34)31-7-4-25(27,28)5-8-31/h1,6,11-15,20H,2-5,7-10H2,(H,30,33). The molecule has 0 saturated carbocycles. The van der Waals surface area contributed by atoms with E-state index in [9.17, 15) is 22.4 Å². The van der Waals surface area contributed by atoms with Crippen molar-refractivity contribution in [2.45, 2.75) is 35.4 Å². The van der Waals surface area contributed by atoms with Gasteiger partial charge in [-0.3, -0.25) is 9.59 Å². The van der Waals surface area contributed by atoms with Crippen molar-refractivity contribution in [3.63, 3.8) is 0 Å². The van der Waals surface area contributed by atoms with E-state index < -0.39 is 13.5 Å². The van der Waals surface area contributed by atoms with E-state index in [-0.39, 0.29) is 29.4 Å². The largest absolute Gasteiger partial charge is 0.349 e. The summed E-state index contributed by atoms with van der Waals surface area (Å²) in [7, 11) is -3.02. The lowest BCUT2D eigenvalue weighted by molar-refractivity contribution is 0.0653. The summed E-state index contributed by atoms with van der Waals surface area (Å²) in [4.78, 5) is 32.0. The van der Waals surface area contributed by atoms with Gasteiger partial charge < -0.3 is 14.8 Å². The Morgan fingerprint density at radius 2 is 1.81 bits per heavy atom. The fourth-order valence-corrected chi connectivity index (χ4v) is 6.92. The molecule has 2 aromatic heterocycles. The van der Waals surface area contributed by atoms with Gasteiger partial charge in [-0.25, -0.2) is 17.8 Å². The Morgan fingerprint density at radius 1 is 1.11 bits per heavy atom. The van der Waals surface area contributed by atoms with Crippen LogP contribution in [0.25, 0.3) is 16.7 Å². The van der Waals surface area contributed by atoms with Gasteiger partial charge in [0.2, 0.25) is 0 Å². The number of nitrogens with zero attached hydrogens (tertiary/aromatic N) is 3. The van der Waals surface area contributed by atoms with Crippen molar-refractivity contribution in [3.8, 4) is 5.69 Å². The average molecular weight is 659 g/mol. The fourth-order valence-electron chi connectivity index (χ4n) is 4.72. The molecule has 2 fully saturated rings. The summed E-state index contributed by atoms with van der Waals surface area (Å²) in [5.74, 6) is -0.365. The van der Waals surface area contributed by atoms with Gasteiger partial charge in [-0.15, -0.1) is 0 Å². The monoisotopic (exact) mass is 658 g/mol. The third kappa shape index (κ3) is 5.93. The highest BCUT2D eigenvalue weighted by Crippen LogP contribution is 2.33. The Labute approximate surface area is 232 Å². The highest BCUT2D eigenvalue weighted by Gasteiger charge is 2.33. The molecule has 12 heteroatoms. The molecule has 4 heterocycles. The number of carbonyl (C=O) groups is 2.